The van der Waals surface area contributed by atoms with Crippen molar-refractivity contribution in [3.05, 3.63) is 0 Å². The van der Waals surface area contributed by atoms with E-state index in [0.29, 0.717) is 0 Å². The molecule has 1 rings (SSSR count). The molecular formula is C10H20NO. The molecule has 1 radical (unpaired) electrons. The summed E-state index contributed by atoms with van der Waals surface area (Å²) in [6, 6.07) is 0. The van der Waals surface area contributed by atoms with E-state index in [-0.39, 0.29) is 6.10 Å². The minimum atomic E-state index is -0.0209. The molecule has 1 N–H and O–H groups in total. The van der Waals surface area contributed by atoms with E-state index in [2.05, 4.69) is 12.2 Å². The SMILES string of the molecule is CCC[N]CC1CCC(O)CC1. The van der Waals surface area contributed by atoms with E-state index < -0.39 is 0 Å². The smallest absolute Gasteiger partial charge is 0.0540 e. The Morgan fingerprint density at radius 3 is 2.50 bits per heavy atom. The van der Waals surface area contributed by atoms with Crippen LogP contribution in [0.1, 0.15) is 39.0 Å². The number of hydrogen-bond acceptors (Lipinski definition) is 1. The van der Waals surface area contributed by atoms with Gasteiger partial charge < -0.3 is 5.11 Å². The van der Waals surface area contributed by atoms with Gasteiger partial charge in [0, 0.05) is 13.1 Å². The maximum absolute atomic E-state index is 9.27. The molecule has 0 aliphatic heterocycles. The summed E-state index contributed by atoms with van der Waals surface area (Å²) < 4.78 is 0. The van der Waals surface area contributed by atoms with Crippen molar-refractivity contribution < 1.29 is 5.11 Å². The van der Waals surface area contributed by atoms with E-state index in [1.807, 2.05) is 0 Å². The van der Waals surface area contributed by atoms with Gasteiger partial charge in [0.15, 0.2) is 0 Å². The van der Waals surface area contributed by atoms with Crippen molar-refractivity contribution in [1.82, 2.24) is 5.32 Å². The molecular weight excluding hydrogens is 150 g/mol. The van der Waals surface area contributed by atoms with Gasteiger partial charge in [0.25, 0.3) is 0 Å². The van der Waals surface area contributed by atoms with Crippen LogP contribution < -0.4 is 5.32 Å². The summed E-state index contributed by atoms with van der Waals surface area (Å²) in [6.45, 7) is 4.20. The first-order valence-corrected chi connectivity index (χ1v) is 5.14. The Morgan fingerprint density at radius 2 is 1.92 bits per heavy atom. The molecule has 0 spiro atoms. The Morgan fingerprint density at radius 1 is 1.25 bits per heavy atom. The zero-order valence-electron chi connectivity index (χ0n) is 8.00. The van der Waals surface area contributed by atoms with Crippen molar-refractivity contribution in [2.75, 3.05) is 13.1 Å². The van der Waals surface area contributed by atoms with Crippen LogP contribution in [0.15, 0.2) is 0 Å². The van der Waals surface area contributed by atoms with E-state index in [4.69, 9.17) is 0 Å². The summed E-state index contributed by atoms with van der Waals surface area (Å²) in [5, 5.41) is 13.7. The molecule has 0 aromatic carbocycles. The van der Waals surface area contributed by atoms with Gasteiger partial charge in [0.1, 0.15) is 0 Å². The van der Waals surface area contributed by atoms with Crippen LogP contribution in [-0.4, -0.2) is 24.3 Å². The Labute approximate surface area is 75.4 Å². The summed E-state index contributed by atoms with van der Waals surface area (Å²) in [5.41, 5.74) is 0. The molecule has 0 heterocycles. The van der Waals surface area contributed by atoms with Crippen molar-refractivity contribution in [2.45, 2.75) is 45.1 Å². The minimum Gasteiger partial charge on any atom is -0.393 e. The van der Waals surface area contributed by atoms with E-state index >= 15 is 0 Å². The van der Waals surface area contributed by atoms with E-state index in [1.54, 1.807) is 0 Å². The first kappa shape index (κ1) is 10.0. The second-order valence-electron chi connectivity index (χ2n) is 3.80. The van der Waals surface area contributed by atoms with Gasteiger partial charge in [-0.2, -0.15) is 0 Å². The molecule has 1 aliphatic rings. The quantitative estimate of drug-likeness (QED) is 0.638. The van der Waals surface area contributed by atoms with Crippen LogP contribution in [0.25, 0.3) is 0 Å². The van der Waals surface area contributed by atoms with Crippen molar-refractivity contribution in [2.24, 2.45) is 5.92 Å². The number of hydrogen-bond donors (Lipinski definition) is 1. The van der Waals surface area contributed by atoms with Gasteiger partial charge >= 0.3 is 0 Å². The zero-order valence-corrected chi connectivity index (χ0v) is 8.00. The highest BCUT2D eigenvalue weighted by atomic mass is 16.3. The van der Waals surface area contributed by atoms with Crippen LogP contribution in [0.3, 0.4) is 0 Å². The third-order valence-electron chi connectivity index (χ3n) is 2.59. The Hall–Kier alpha value is -0.0800. The largest absolute Gasteiger partial charge is 0.393 e. The molecule has 2 nitrogen and oxygen atoms in total. The number of aliphatic hydroxyl groups excluding tert-OH is 1. The fourth-order valence-corrected chi connectivity index (χ4v) is 1.76. The summed E-state index contributed by atoms with van der Waals surface area (Å²) in [7, 11) is 0. The first-order valence-electron chi connectivity index (χ1n) is 5.14. The van der Waals surface area contributed by atoms with E-state index in [1.165, 1.54) is 12.8 Å². The fraction of sp³-hybridized carbons (Fsp3) is 1.00. The normalized spacial score (nSPS) is 30.5. The molecule has 0 unspecified atom stereocenters. The number of rotatable bonds is 4. The number of aliphatic hydroxyl groups is 1. The van der Waals surface area contributed by atoms with Gasteiger partial charge in [-0.05, 0) is 38.0 Å². The molecule has 0 aromatic heterocycles. The lowest BCUT2D eigenvalue weighted by Gasteiger charge is -2.24. The van der Waals surface area contributed by atoms with Gasteiger partial charge in [-0.15, -0.1) is 0 Å². The van der Waals surface area contributed by atoms with Crippen molar-refractivity contribution in [3.8, 4) is 0 Å². The topological polar surface area (TPSA) is 34.3 Å². The Bertz CT molecular complexity index is 108. The molecule has 1 saturated carbocycles. The third kappa shape index (κ3) is 3.55. The molecule has 2 heteroatoms. The minimum absolute atomic E-state index is 0.0209. The monoisotopic (exact) mass is 170 g/mol. The van der Waals surface area contributed by atoms with Crippen LogP contribution >= 0.6 is 0 Å². The van der Waals surface area contributed by atoms with Gasteiger partial charge in [0.05, 0.1) is 6.10 Å². The molecule has 1 fully saturated rings. The highest BCUT2D eigenvalue weighted by Crippen LogP contribution is 2.23. The maximum atomic E-state index is 9.27. The lowest BCUT2D eigenvalue weighted by Crippen LogP contribution is -2.24. The molecule has 0 aromatic rings. The first-order chi connectivity index (χ1) is 5.83. The zero-order chi connectivity index (χ0) is 8.81. The second kappa shape index (κ2) is 5.55. The molecule has 71 valence electrons. The van der Waals surface area contributed by atoms with Crippen LogP contribution in [-0.2, 0) is 0 Å². The fourth-order valence-electron chi connectivity index (χ4n) is 1.76. The Balaban J connectivity index is 2.01. The van der Waals surface area contributed by atoms with Crippen molar-refractivity contribution >= 4 is 0 Å². The molecule has 0 atom stereocenters. The average molecular weight is 170 g/mol. The summed E-state index contributed by atoms with van der Waals surface area (Å²) in [6.07, 6.45) is 5.48. The van der Waals surface area contributed by atoms with Crippen molar-refractivity contribution in [3.63, 3.8) is 0 Å². The Kier molecular flexibility index (Phi) is 4.62. The lowest BCUT2D eigenvalue weighted by atomic mass is 9.87. The molecule has 0 bridgehead atoms. The number of nitrogens with zero attached hydrogens (tertiary/aromatic N) is 1. The van der Waals surface area contributed by atoms with Crippen LogP contribution in [0.5, 0.6) is 0 Å². The van der Waals surface area contributed by atoms with Gasteiger partial charge in [-0.1, -0.05) is 6.92 Å². The second-order valence-corrected chi connectivity index (χ2v) is 3.80. The molecule has 1 aliphatic carbocycles. The summed E-state index contributed by atoms with van der Waals surface area (Å²) in [4.78, 5) is 0. The highest BCUT2D eigenvalue weighted by Gasteiger charge is 2.18. The van der Waals surface area contributed by atoms with Crippen LogP contribution in [0.4, 0.5) is 0 Å². The van der Waals surface area contributed by atoms with Crippen molar-refractivity contribution in [1.29, 1.82) is 0 Å². The predicted octanol–water partition coefficient (Wildman–Crippen LogP) is 1.55. The maximum Gasteiger partial charge on any atom is 0.0540 e. The van der Waals surface area contributed by atoms with Gasteiger partial charge in [-0.3, -0.25) is 0 Å². The predicted molar refractivity (Wildman–Crippen MR) is 50.1 cm³/mol. The molecule has 12 heavy (non-hydrogen) atoms. The molecule has 0 saturated heterocycles. The summed E-state index contributed by atoms with van der Waals surface area (Å²) >= 11 is 0. The van der Waals surface area contributed by atoms with Crippen LogP contribution in [0, 0.1) is 5.92 Å². The molecule has 0 amide bonds. The van der Waals surface area contributed by atoms with Gasteiger partial charge in [-0.25, -0.2) is 5.32 Å². The van der Waals surface area contributed by atoms with Crippen LogP contribution in [0.2, 0.25) is 0 Å². The average Bonchev–Trinajstić information content (AvgIpc) is 2.09. The highest BCUT2D eigenvalue weighted by molar-refractivity contribution is 4.72. The standard InChI is InChI=1S/C10H20NO/c1-2-7-11-8-9-3-5-10(12)6-4-9/h9-10,12H,2-8H2,1H3. The van der Waals surface area contributed by atoms with E-state index in [0.717, 1.165) is 38.3 Å². The van der Waals surface area contributed by atoms with E-state index in [9.17, 15) is 5.11 Å². The third-order valence-corrected chi connectivity index (χ3v) is 2.59. The van der Waals surface area contributed by atoms with Gasteiger partial charge in [0.2, 0.25) is 0 Å². The summed E-state index contributed by atoms with van der Waals surface area (Å²) in [5.74, 6) is 0.764. The lowest BCUT2D eigenvalue weighted by molar-refractivity contribution is 0.108.